The number of para-hydroxylation sites is 2. The van der Waals surface area contributed by atoms with Crippen molar-refractivity contribution in [2.24, 2.45) is 10.7 Å². The molecule has 8 heteroatoms. The molecule has 0 bridgehead atoms. The van der Waals surface area contributed by atoms with Crippen molar-refractivity contribution in [2.75, 3.05) is 19.8 Å². The van der Waals surface area contributed by atoms with Gasteiger partial charge in [-0.15, -0.1) is 0 Å². The molecule has 4 rings (SSSR count). The van der Waals surface area contributed by atoms with Gasteiger partial charge in [0.05, 0.1) is 23.7 Å². The highest BCUT2D eigenvalue weighted by Crippen LogP contribution is 2.35. The first-order valence-electron chi connectivity index (χ1n) is 10.4. The molecule has 0 radical (unpaired) electrons. The molecule has 1 aliphatic heterocycles. The Balaban J connectivity index is 1.71. The quantitative estimate of drug-likeness (QED) is 0.420. The first kappa shape index (κ1) is 21.9. The number of carbonyl (C=O) groups excluding carboxylic acids is 2. The van der Waals surface area contributed by atoms with Crippen LogP contribution in [-0.2, 0) is 20.9 Å². The largest absolute Gasteiger partial charge is 0.380 e. The third-order valence-corrected chi connectivity index (χ3v) is 5.97. The maximum Gasteiger partial charge on any atom is 0.266 e. The summed E-state index contributed by atoms with van der Waals surface area (Å²) in [6.45, 7) is 3.44. The second-order valence-corrected chi connectivity index (χ2v) is 8.20. The van der Waals surface area contributed by atoms with Crippen molar-refractivity contribution < 1.29 is 14.3 Å². The van der Waals surface area contributed by atoms with E-state index in [9.17, 15) is 9.59 Å². The second-order valence-electron chi connectivity index (χ2n) is 7.19. The van der Waals surface area contributed by atoms with Gasteiger partial charge in [0.1, 0.15) is 6.54 Å². The zero-order chi connectivity index (χ0) is 22.5. The van der Waals surface area contributed by atoms with Gasteiger partial charge in [0.25, 0.3) is 5.91 Å². The highest BCUT2D eigenvalue weighted by atomic mass is 32.2. The fraction of sp³-hybridized carbons (Fsp3) is 0.208. The molecule has 164 valence electrons. The van der Waals surface area contributed by atoms with Crippen LogP contribution in [0.2, 0.25) is 0 Å². The Hall–Kier alpha value is -3.36. The lowest BCUT2D eigenvalue weighted by atomic mass is 10.1. The van der Waals surface area contributed by atoms with E-state index in [1.165, 1.54) is 11.8 Å². The molecule has 2 amide bonds. The normalized spacial score (nSPS) is 16.5. The molecule has 1 saturated heterocycles. The topological polar surface area (TPSA) is 89.9 Å². The number of aromatic nitrogens is 1. The summed E-state index contributed by atoms with van der Waals surface area (Å²) in [5.41, 5.74) is 7.93. The molecule has 32 heavy (non-hydrogen) atoms. The van der Waals surface area contributed by atoms with Crippen molar-refractivity contribution in [3.05, 3.63) is 71.3 Å². The zero-order valence-corrected chi connectivity index (χ0v) is 18.5. The highest BCUT2D eigenvalue weighted by molar-refractivity contribution is 8.18. The van der Waals surface area contributed by atoms with Gasteiger partial charge in [0, 0.05) is 29.3 Å². The van der Waals surface area contributed by atoms with Gasteiger partial charge >= 0.3 is 0 Å². The summed E-state index contributed by atoms with van der Waals surface area (Å²) < 4.78 is 7.27. The van der Waals surface area contributed by atoms with E-state index in [0.29, 0.717) is 29.8 Å². The lowest BCUT2D eigenvalue weighted by Gasteiger charge is -2.15. The van der Waals surface area contributed by atoms with Gasteiger partial charge in [-0.05, 0) is 43.0 Å². The third-order valence-electron chi connectivity index (χ3n) is 4.96. The smallest absolute Gasteiger partial charge is 0.266 e. The van der Waals surface area contributed by atoms with Gasteiger partial charge in [-0.2, -0.15) is 0 Å². The van der Waals surface area contributed by atoms with Crippen molar-refractivity contribution in [3.8, 4) is 0 Å². The Bertz CT molecular complexity index is 1200. The van der Waals surface area contributed by atoms with Crippen molar-refractivity contribution in [3.63, 3.8) is 0 Å². The molecule has 1 aromatic heterocycles. The third kappa shape index (κ3) is 4.76. The number of aliphatic imine (C=N–C) groups is 1. The van der Waals surface area contributed by atoms with Crippen LogP contribution >= 0.6 is 11.8 Å². The predicted octanol–water partition coefficient (Wildman–Crippen LogP) is 3.77. The number of amides is 2. The van der Waals surface area contributed by atoms with Crippen molar-refractivity contribution >= 4 is 51.4 Å². The summed E-state index contributed by atoms with van der Waals surface area (Å²) >= 11 is 1.34. The van der Waals surface area contributed by atoms with Crippen LogP contribution in [0.3, 0.4) is 0 Å². The molecule has 2 heterocycles. The van der Waals surface area contributed by atoms with Crippen molar-refractivity contribution in [1.29, 1.82) is 0 Å². The summed E-state index contributed by atoms with van der Waals surface area (Å²) in [7, 11) is 0. The van der Waals surface area contributed by atoms with E-state index >= 15 is 0 Å². The van der Waals surface area contributed by atoms with Gasteiger partial charge in [0.15, 0.2) is 5.17 Å². The Labute approximate surface area is 190 Å². The Morgan fingerprint density at radius 1 is 1.16 bits per heavy atom. The number of amidine groups is 1. The number of hydrogen-bond donors (Lipinski definition) is 1. The van der Waals surface area contributed by atoms with Gasteiger partial charge in [-0.25, -0.2) is 4.99 Å². The molecule has 0 saturated carbocycles. The first-order chi connectivity index (χ1) is 15.6. The van der Waals surface area contributed by atoms with Crippen LogP contribution in [0.25, 0.3) is 17.0 Å². The number of fused-ring (bicyclic) bond motifs is 1. The molecule has 0 spiro atoms. The highest BCUT2D eigenvalue weighted by Gasteiger charge is 2.33. The van der Waals surface area contributed by atoms with Crippen LogP contribution in [0.1, 0.15) is 12.5 Å². The first-order valence-corrected chi connectivity index (χ1v) is 11.2. The van der Waals surface area contributed by atoms with Crippen molar-refractivity contribution in [2.45, 2.75) is 13.5 Å². The number of nitrogens with two attached hydrogens (primary N) is 1. The Morgan fingerprint density at radius 2 is 1.91 bits per heavy atom. The predicted molar refractivity (Wildman–Crippen MR) is 128 cm³/mol. The average Bonchev–Trinajstić information content (AvgIpc) is 3.27. The minimum Gasteiger partial charge on any atom is -0.380 e. The van der Waals surface area contributed by atoms with Crippen LogP contribution < -0.4 is 5.73 Å². The molecule has 1 aliphatic rings. The summed E-state index contributed by atoms with van der Waals surface area (Å²) in [5, 5.41) is 1.57. The van der Waals surface area contributed by atoms with E-state index < -0.39 is 5.91 Å². The van der Waals surface area contributed by atoms with Crippen LogP contribution in [-0.4, -0.2) is 46.2 Å². The molecule has 0 unspecified atom stereocenters. The molecular weight excluding hydrogens is 424 g/mol. The molecule has 0 aliphatic carbocycles. The summed E-state index contributed by atoms with van der Waals surface area (Å²) in [5.74, 6) is -0.535. The fourth-order valence-corrected chi connectivity index (χ4v) is 4.55. The Kier molecular flexibility index (Phi) is 6.72. The van der Waals surface area contributed by atoms with Crippen LogP contribution in [0, 0.1) is 0 Å². The second kappa shape index (κ2) is 9.84. The number of carbonyl (C=O) groups is 2. The number of primary amides is 1. The number of benzene rings is 2. The minimum absolute atomic E-state index is 0.0754. The van der Waals surface area contributed by atoms with Gasteiger partial charge in [-0.3, -0.25) is 14.5 Å². The lowest BCUT2D eigenvalue weighted by molar-refractivity contribution is -0.122. The molecule has 3 aromatic rings. The minimum atomic E-state index is -0.421. The summed E-state index contributed by atoms with van der Waals surface area (Å²) in [6, 6.07) is 17.3. The van der Waals surface area contributed by atoms with Crippen molar-refractivity contribution in [1.82, 2.24) is 9.47 Å². The molecule has 2 aromatic carbocycles. The van der Waals surface area contributed by atoms with Crippen LogP contribution in [0.4, 0.5) is 5.69 Å². The standard InChI is InChI=1S/C24H24N4O3S/c1-2-31-13-12-28-23(30)21(32-24(28)26-18-8-4-3-5-9-18)14-17-15-27(16-22(25)29)20-11-7-6-10-19(17)20/h3-11,14-15H,2,12-13,16H2,1H3,(H2,25,29). The number of rotatable bonds is 8. The lowest BCUT2D eigenvalue weighted by Crippen LogP contribution is -2.32. The monoisotopic (exact) mass is 448 g/mol. The maximum absolute atomic E-state index is 13.2. The number of ether oxygens (including phenoxy) is 1. The van der Waals surface area contributed by atoms with Gasteiger partial charge in [-0.1, -0.05) is 36.4 Å². The van der Waals surface area contributed by atoms with E-state index in [1.807, 2.05) is 73.8 Å². The SMILES string of the molecule is CCOCCN1C(=O)C(=Cc2cn(CC(N)=O)c3ccccc23)SC1=Nc1ccccc1. The van der Waals surface area contributed by atoms with Gasteiger partial charge < -0.3 is 15.0 Å². The molecule has 2 N–H and O–H groups in total. The van der Waals surface area contributed by atoms with Gasteiger partial charge in [0.2, 0.25) is 5.91 Å². The summed E-state index contributed by atoms with van der Waals surface area (Å²) in [4.78, 5) is 31.7. The van der Waals surface area contributed by atoms with E-state index in [1.54, 1.807) is 9.47 Å². The summed E-state index contributed by atoms with van der Waals surface area (Å²) in [6.07, 6.45) is 3.71. The maximum atomic E-state index is 13.2. The van der Waals surface area contributed by atoms with E-state index in [-0.39, 0.29) is 12.5 Å². The van der Waals surface area contributed by atoms with Crippen LogP contribution in [0.15, 0.2) is 70.7 Å². The Morgan fingerprint density at radius 3 is 2.66 bits per heavy atom. The molecule has 1 fully saturated rings. The molecule has 0 atom stereocenters. The fourth-order valence-electron chi connectivity index (χ4n) is 3.53. The van der Waals surface area contributed by atoms with Crippen LogP contribution in [0.5, 0.6) is 0 Å². The molecular formula is C24H24N4O3S. The van der Waals surface area contributed by atoms with E-state index in [0.717, 1.165) is 22.2 Å². The van der Waals surface area contributed by atoms with E-state index in [4.69, 9.17) is 10.5 Å². The molecule has 7 nitrogen and oxygen atoms in total. The zero-order valence-electron chi connectivity index (χ0n) is 17.7. The number of hydrogen-bond acceptors (Lipinski definition) is 5. The number of nitrogens with zero attached hydrogens (tertiary/aromatic N) is 3. The average molecular weight is 449 g/mol. The van der Waals surface area contributed by atoms with E-state index in [2.05, 4.69) is 4.99 Å². The number of thioether (sulfide) groups is 1.